The van der Waals surface area contributed by atoms with Gasteiger partial charge in [-0.3, -0.25) is 4.79 Å². The van der Waals surface area contributed by atoms with Crippen molar-refractivity contribution >= 4 is 5.91 Å². The number of carbonyl (C=O) groups is 1. The standard InChI is InChI=1S/C51H99NO8/c1-3-5-7-9-11-13-15-17-18-19-20-21-22-23-24-25-26-27-28-29-31-33-35-37-39-41-47(55)52-44(43-59-51-50(58)49(57)48(56)46(42-53)60-51)45(54)40-38-36-34-32-30-16-14-12-10-8-6-4-2/h38,40,44-46,48-51,53-54,56-58H,3-37,39,41-43H2,1-2H3,(H,52,55)/b40-38+/t44-,45+,46+,48+,49?,50?,51+/m0/s1. The summed E-state index contributed by atoms with van der Waals surface area (Å²) in [5, 5.41) is 54.2. The van der Waals surface area contributed by atoms with Crippen LogP contribution in [0.4, 0.5) is 0 Å². The van der Waals surface area contributed by atoms with Crippen molar-refractivity contribution in [3.05, 3.63) is 12.2 Å². The Labute approximate surface area is 369 Å². The number of nitrogens with one attached hydrogen (secondary N) is 1. The molecule has 0 aromatic heterocycles. The van der Waals surface area contributed by atoms with Gasteiger partial charge in [0.15, 0.2) is 6.29 Å². The fraction of sp³-hybridized carbons (Fsp3) is 0.941. The minimum absolute atomic E-state index is 0.173. The Morgan fingerprint density at radius 3 is 1.30 bits per heavy atom. The topological polar surface area (TPSA) is 149 Å². The zero-order valence-corrected chi connectivity index (χ0v) is 39.2. The van der Waals surface area contributed by atoms with Crippen LogP contribution in [0.5, 0.6) is 0 Å². The molecular formula is C51H99NO8. The van der Waals surface area contributed by atoms with Crippen LogP contribution in [0, 0.1) is 0 Å². The molecule has 0 radical (unpaired) electrons. The lowest BCUT2D eigenvalue weighted by Crippen LogP contribution is -2.60. The average Bonchev–Trinajstić information content (AvgIpc) is 3.25. The average molecular weight is 854 g/mol. The molecule has 7 atom stereocenters. The second-order valence-corrected chi connectivity index (χ2v) is 18.3. The van der Waals surface area contributed by atoms with E-state index >= 15 is 0 Å². The quantitative estimate of drug-likeness (QED) is 0.0262. The normalized spacial score (nSPS) is 20.6. The molecule has 1 aliphatic heterocycles. The number of amides is 1. The summed E-state index contributed by atoms with van der Waals surface area (Å²) in [4.78, 5) is 13.0. The van der Waals surface area contributed by atoms with Crippen molar-refractivity contribution in [3.63, 3.8) is 0 Å². The van der Waals surface area contributed by atoms with Crippen LogP contribution in [0.15, 0.2) is 12.2 Å². The maximum absolute atomic E-state index is 13.0. The maximum atomic E-state index is 13.0. The number of hydrogen-bond acceptors (Lipinski definition) is 8. The number of unbranched alkanes of at least 4 members (excludes halogenated alkanes) is 34. The SMILES string of the molecule is CCCCCCCCCCCC/C=C/[C@@H](O)[C@H](CO[C@@H]1O[C@H](CO)[C@@H](O)C(O)C1O)NC(=O)CCCCCCCCCCCCCCCCCCCCCCCCCCC. The maximum Gasteiger partial charge on any atom is 0.220 e. The van der Waals surface area contributed by atoms with E-state index in [0.29, 0.717) is 6.42 Å². The van der Waals surface area contributed by atoms with E-state index < -0.39 is 49.5 Å². The molecule has 1 aliphatic rings. The summed E-state index contributed by atoms with van der Waals surface area (Å²) in [6.45, 7) is 3.79. The van der Waals surface area contributed by atoms with Crippen LogP contribution in [0.2, 0.25) is 0 Å². The first kappa shape index (κ1) is 56.9. The van der Waals surface area contributed by atoms with Crippen molar-refractivity contribution in [2.75, 3.05) is 13.2 Å². The smallest absolute Gasteiger partial charge is 0.220 e. The summed E-state index contributed by atoms with van der Waals surface area (Å²) < 4.78 is 11.2. The fourth-order valence-electron chi connectivity index (χ4n) is 8.45. The predicted octanol–water partition coefficient (Wildman–Crippen LogP) is 11.7. The molecule has 1 saturated heterocycles. The van der Waals surface area contributed by atoms with Gasteiger partial charge in [-0.2, -0.15) is 0 Å². The summed E-state index contributed by atoms with van der Waals surface area (Å²) in [6.07, 6.45) is 42.7. The zero-order chi connectivity index (χ0) is 43.7. The van der Waals surface area contributed by atoms with Crippen molar-refractivity contribution in [1.82, 2.24) is 5.32 Å². The van der Waals surface area contributed by atoms with E-state index in [4.69, 9.17) is 9.47 Å². The highest BCUT2D eigenvalue weighted by Crippen LogP contribution is 2.23. The minimum Gasteiger partial charge on any atom is -0.394 e. The van der Waals surface area contributed by atoms with Crippen molar-refractivity contribution in [3.8, 4) is 0 Å². The summed E-state index contributed by atoms with van der Waals surface area (Å²) in [5.74, 6) is -0.173. The second-order valence-electron chi connectivity index (χ2n) is 18.3. The first-order chi connectivity index (χ1) is 29.3. The van der Waals surface area contributed by atoms with Crippen molar-refractivity contribution in [1.29, 1.82) is 0 Å². The Morgan fingerprint density at radius 1 is 0.550 bits per heavy atom. The van der Waals surface area contributed by atoms with Crippen LogP contribution in [0.1, 0.15) is 251 Å². The molecule has 1 rings (SSSR count). The largest absolute Gasteiger partial charge is 0.394 e. The van der Waals surface area contributed by atoms with Crippen LogP contribution >= 0.6 is 0 Å². The van der Waals surface area contributed by atoms with Gasteiger partial charge in [0.25, 0.3) is 0 Å². The molecule has 0 aromatic rings. The van der Waals surface area contributed by atoms with Gasteiger partial charge in [0.1, 0.15) is 24.4 Å². The molecule has 60 heavy (non-hydrogen) atoms. The third kappa shape index (κ3) is 31.7. The Kier molecular flexibility index (Phi) is 39.8. The van der Waals surface area contributed by atoms with Gasteiger partial charge in [0.2, 0.25) is 5.91 Å². The van der Waals surface area contributed by atoms with E-state index in [-0.39, 0.29) is 12.5 Å². The van der Waals surface area contributed by atoms with Crippen molar-refractivity contribution in [2.24, 2.45) is 0 Å². The molecule has 0 aromatic carbocycles. The Hall–Kier alpha value is -1.07. The lowest BCUT2D eigenvalue weighted by Gasteiger charge is -2.40. The van der Waals surface area contributed by atoms with Crippen molar-refractivity contribution < 1.29 is 39.8 Å². The summed E-state index contributed by atoms with van der Waals surface area (Å²) in [7, 11) is 0. The van der Waals surface area contributed by atoms with Gasteiger partial charge in [-0.15, -0.1) is 0 Å². The second kappa shape index (κ2) is 41.9. The van der Waals surface area contributed by atoms with E-state index in [1.807, 2.05) is 6.08 Å². The Morgan fingerprint density at radius 2 is 0.917 bits per heavy atom. The van der Waals surface area contributed by atoms with Crippen LogP contribution in [0.25, 0.3) is 0 Å². The highest BCUT2D eigenvalue weighted by Gasteiger charge is 2.44. The number of aliphatic hydroxyl groups excluding tert-OH is 5. The zero-order valence-electron chi connectivity index (χ0n) is 39.2. The number of allylic oxidation sites excluding steroid dienone is 1. The van der Waals surface area contributed by atoms with Crippen molar-refractivity contribution in [2.45, 2.75) is 294 Å². The number of ether oxygens (including phenoxy) is 2. The van der Waals surface area contributed by atoms with Gasteiger partial charge >= 0.3 is 0 Å². The first-order valence-electron chi connectivity index (χ1n) is 25.9. The lowest BCUT2D eigenvalue weighted by molar-refractivity contribution is -0.302. The Bertz CT molecular complexity index is 950. The molecule has 9 heteroatoms. The Balaban J connectivity index is 2.20. The lowest BCUT2D eigenvalue weighted by atomic mass is 9.99. The summed E-state index contributed by atoms with van der Waals surface area (Å²) in [5.41, 5.74) is 0. The van der Waals surface area contributed by atoms with Gasteiger partial charge in [0.05, 0.1) is 25.4 Å². The molecule has 2 unspecified atom stereocenters. The highest BCUT2D eigenvalue weighted by atomic mass is 16.7. The fourth-order valence-corrected chi connectivity index (χ4v) is 8.45. The van der Waals surface area contributed by atoms with E-state index in [2.05, 4.69) is 19.2 Å². The minimum atomic E-state index is -1.56. The van der Waals surface area contributed by atoms with Crippen LogP contribution in [0.3, 0.4) is 0 Å². The summed E-state index contributed by atoms with van der Waals surface area (Å²) >= 11 is 0. The van der Waals surface area contributed by atoms with Gasteiger partial charge in [-0.05, 0) is 19.3 Å². The number of carbonyl (C=O) groups excluding carboxylic acids is 1. The van der Waals surface area contributed by atoms with Crippen LogP contribution < -0.4 is 5.32 Å². The number of rotatable bonds is 44. The molecule has 1 fully saturated rings. The number of hydrogen-bond donors (Lipinski definition) is 6. The van der Waals surface area contributed by atoms with Crippen LogP contribution in [-0.4, -0.2) is 87.5 Å². The van der Waals surface area contributed by atoms with E-state index in [9.17, 15) is 30.3 Å². The van der Waals surface area contributed by atoms with Crippen LogP contribution in [-0.2, 0) is 14.3 Å². The van der Waals surface area contributed by atoms with Gasteiger partial charge < -0.3 is 40.3 Å². The van der Waals surface area contributed by atoms with Gasteiger partial charge in [-0.25, -0.2) is 0 Å². The predicted molar refractivity (Wildman–Crippen MR) is 249 cm³/mol. The molecule has 0 bridgehead atoms. The van der Waals surface area contributed by atoms with Gasteiger partial charge in [0, 0.05) is 6.42 Å². The molecule has 9 nitrogen and oxygen atoms in total. The van der Waals surface area contributed by atoms with E-state index in [1.165, 1.54) is 193 Å². The highest BCUT2D eigenvalue weighted by molar-refractivity contribution is 5.76. The van der Waals surface area contributed by atoms with E-state index in [0.717, 1.165) is 38.5 Å². The number of aliphatic hydroxyl groups is 5. The third-order valence-electron chi connectivity index (χ3n) is 12.6. The molecule has 1 heterocycles. The molecule has 356 valence electrons. The molecule has 0 saturated carbocycles. The van der Waals surface area contributed by atoms with Gasteiger partial charge in [-0.1, -0.05) is 238 Å². The summed E-state index contributed by atoms with van der Waals surface area (Å²) in [6, 6.07) is -0.798. The molecule has 6 N–H and O–H groups in total. The molecule has 0 spiro atoms. The molecule has 1 amide bonds. The molecular weight excluding hydrogens is 755 g/mol. The third-order valence-corrected chi connectivity index (χ3v) is 12.6. The first-order valence-corrected chi connectivity index (χ1v) is 25.9. The monoisotopic (exact) mass is 854 g/mol. The molecule has 0 aliphatic carbocycles. The van der Waals surface area contributed by atoms with E-state index in [1.54, 1.807) is 6.08 Å².